The fourth-order valence-electron chi connectivity index (χ4n) is 4.57. The molecule has 1 heterocycles. The molecule has 2 aromatic rings. The van der Waals surface area contributed by atoms with E-state index >= 15 is 0 Å². The summed E-state index contributed by atoms with van der Waals surface area (Å²) in [5.74, 6) is 0.606. The van der Waals surface area contributed by atoms with E-state index in [1.165, 1.54) is 6.42 Å². The van der Waals surface area contributed by atoms with Gasteiger partial charge in [0.1, 0.15) is 18.3 Å². The molecule has 6 heteroatoms. The summed E-state index contributed by atoms with van der Waals surface area (Å²) in [6.07, 6.45) is 5.35. The smallest absolute Gasteiger partial charge is 0.250 e. The Morgan fingerprint density at radius 3 is 2.53 bits per heavy atom. The molecule has 2 aromatic carbocycles. The summed E-state index contributed by atoms with van der Waals surface area (Å²) < 4.78 is 5.37. The fourth-order valence-corrected chi connectivity index (χ4v) is 4.77. The van der Waals surface area contributed by atoms with Gasteiger partial charge in [-0.25, -0.2) is 0 Å². The summed E-state index contributed by atoms with van der Waals surface area (Å²) in [4.78, 5) is 30.5. The Morgan fingerprint density at radius 1 is 1.03 bits per heavy atom. The molecule has 2 aliphatic rings. The molecule has 0 radical (unpaired) electrons. The van der Waals surface area contributed by atoms with Gasteiger partial charge in [0.05, 0.1) is 7.11 Å². The van der Waals surface area contributed by atoms with Crippen LogP contribution in [0.2, 0.25) is 5.02 Å². The highest BCUT2D eigenvalue weighted by Gasteiger charge is 2.43. The van der Waals surface area contributed by atoms with Gasteiger partial charge in [-0.2, -0.15) is 0 Å². The molecule has 1 atom stereocenters. The number of hydrogen-bond acceptors (Lipinski definition) is 3. The lowest BCUT2D eigenvalue weighted by atomic mass is 9.91. The van der Waals surface area contributed by atoms with Crippen LogP contribution in [-0.4, -0.2) is 41.3 Å². The van der Waals surface area contributed by atoms with E-state index in [1.54, 1.807) is 12.0 Å². The molecule has 5 nitrogen and oxygen atoms in total. The van der Waals surface area contributed by atoms with Crippen LogP contribution in [0, 0.1) is 0 Å². The topological polar surface area (TPSA) is 49.9 Å². The van der Waals surface area contributed by atoms with Crippen LogP contribution < -0.4 is 4.74 Å². The first-order valence-corrected chi connectivity index (χ1v) is 10.9. The first-order valence-electron chi connectivity index (χ1n) is 10.6. The molecule has 2 fully saturated rings. The average molecular weight is 427 g/mol. The minimum absolute atomic E-state index is 0.0122. The zero-order valence-electron chi connectivity index (χ0n) is 17.2. The number of hydrogen-bond donors (Lipinski definition) is 0. The van der Waals surface area contributed by atoms with Crippen LogP contribution in [0.15, 0.2) is 48.5 Å². The van der Waals surface area contributed by atoms with E-state index in [9.17, 15) is 9.59 Å². The predicted octanol–water partition coefficient (Wildman–Crippen LogP) is 4.59. The summed E-state index contributed by atoms with van der Waals surface area (Å²) in [6.45, 7) is 0.430. The quantitative estimate of drug-likeness (QED) is 0.702. The van der Waals surface area contributed by atoms with Gasteiger partial charge in [-0.1, -0.05) is 61.2 Å². The summed E-state index contributed by atoms with van der Waals surface area (Å²) in [7, 11) is 1.60. The van der Waals surface area contributed by atoms with Gasteiger partial charge < -0.3 is 14.5 Å². The minimum Gasteiger partial charge on any atom is -0.497 e. The van der Waals surface area contributed by atoms with Gasteiger partial charge in [0.25, 0.3) is 5.91 Å². The Hall–Kier alpha value is -2.53. The third kappa shape index (κ3) is 4.17. The predicted molar refractivity (Wildman–Crippen MR) is 116 cm³/mol. The second-order valence-corrected chi connectivity index (χ2v) is 8.46. The normalized spacial score (nSPS) is 20.5. The zero-order valence-corrected chi connectivity index (χ0v) is 18.0. The van der Waals surface area contributed by atoms with Crippen molar-refractivity contribution in [1.29, 1.82) is 0 Å². The third-order valence-corrected chi connectivity index (χ3v) is 6.55. The number of piperazine rings is 1. The number of amides is 2. The summed E-state index contributed by atoms with van der Waals surface area (Å²) in [6, 6.07) is 14.4. The molecule has 30 heavy (non-hydrogen) atoms. The maximum Gasteiger partial charge on any atom is 0.250 e. The molecule has 0 N–H and O–H groups in total. The Labute approximate surface area is 182 Å². The third-order valence-electron chi connectivity index (χ3n) is 6.18. The lowest BCUT2D eigenvalue weighted by Crippen LogP contribution is -2.58. The van der Waals surface area contributed by atoms with Crippen LogP contribution in [0.3, 0.4) is 0 Å². The van der Waals surface area contributed by atoms with E-state index < -0.39 is 6.04 Å². The fraction of sp³-hybridized carbons (Fsp3) is 0.417. The number of rotatable bonds is 5. The van der Waals surface area contributed by atoms with E-state index in [-0.39, 0.29) is 24.4 Å². The lowest BCUT2D eigenvalue weighted by molar-refractivity contribution is -0.160. The van der Waals surface area contributed by atoms with Crippen molar-refractivity contribution in [3.05, 3.63) is 64.7 Å². The van der Waals surface area contributed by atoms with Gasteiger partial charge in [0.2, 0.25) is 5.91 Å². The standard InChI is InChI=1S/C24H27ClN2O3/c1-30-20-12-7-9-17(14-20)23-24(29)26(19-10-3-2-4-11-19)16-22(28)27(23)15-18-8-5-6-13-21(18)25/h5-9,12-14,19,23H,2-4,10-11,15-16H2,1H3/t23-/m1/s1. The van der Waals surface area contributed by atoms with Crippen molar-refractivity contribution in [3.8, 4) is 5.75 Å². The van der Waals surface area contributed by atoms with Crippen molar-refractivity contribution in [2.45, 2.75) is 50.7 Å². The number of ether oxygens (including phenoxy) is 1. The van der Waals surface area contributed by atoms with Crippen LogP contribution in [-0.2, 0) is 16.1 Å². The maximum atomic E-state index is 13.7. The molecule has 158 valence electrons. The van der Waals surface area contributed by atoms with Crippen molar-refractivity contribution in [2.24, 2.45) is 0 Å². The van der Waals surface area contributed by atoms with E-state index in [0.29, 0.717) is 17.3 Å². The Morgan fingerprint density at radius 2 is 1.80 bits per heavy atom. The monoisotopic (exact) mass is 426 g/mol. The number of carbonyl (C=O) groups is 2. The molecule has 0 spiro atoms. The number of halogens is 1. The molecule has 0 bridgehead atoms. The number of methoxy groups -OCH3 is 1. The van der Waals surface area contributed by atoms with E-state index in [1.807, 2.05) is 53.4 Å². The van der Waals surface area contributed by atoms with Crippen LogP contribution in [0.4, 0.5) is 0 Å². The van der Waals surface area contributed by atoms with Crippen LogP contribution >= 0.6 is 11.6 Å². The highest BCUT2D eigenvalue weighted by Crippen LogP contribution is 2.35. The molecule has 0 aromatic heterocycles. The second kappa shape index (κ2) is 9.09. The first-order chi connectivity index (χ1) is 14.6. The number of nitrogens with zero attached hydrogens (tertiary/aromatic N) is 2. The van der Waals surface area contributed by atoms with Gasteiger partial charge in [-0.15, -0.1) is 0 Å². The average Bonchev–Trinajstić information content (AvgIpc) is 2.78. The number of benzene rings is 2. The zero-order chi connectivity index (χ0) is 21.1. The van der Waals surface area contributed by atoms with Crippen molar-refractivity contribution in [2.75, 3.05) is 13.7 Å². The molecule has 4 rings (SSSR count). The lowest BCUT2D eigenvalue weighted by Gasteiger charge is -2.44. The van der Waals surface area contributed by atoms with Gasteiger partial charge in [0, 0.05) is 17.6 Å². The Kier molecular flexibility index (Phi) is 6.28. The molecular formula is C24H27ClN2O3. The molecule has 1 saturated heterocycles. The molecule has 2 amide bonds. The highest BCUT2D eigenvalue weighted by molar-refractivity contribution is 6.31. The Balaban J connectivity index is 1.71. The van der Waals surface area contributed by atoms with Crippen molar-refractivity contribution < 1.29 is 14.3 Å². The number of carbonyl (C=O) groups excluding carboxylic acids is 2. The summed E-state index contributed by atoms with van der Waals surface area (Å²) >= 11 is 6.37. The SMILES string of the molecule is COc1cccc([C@@H]2C(=O)N(C3CCCCC3)CC(=O)N2Cc2ccccc2Cl)c1. The van der Waals surface area contributed by atoms with Gasteiger partial charge in [-0.3, -0.25) is 9.59 Å². The van der Waals surface area contributed by atoms with Crippen LogP contribution in [0.25, 0.3) is 0 Å². The first kappa shape index (κ1) is 20.7. The summed E-state index contributed by atoms with van der Waals surface area (Å²) in [5, 5.41) is 0.594. The largest absolute Gasteiger partial charge is 0.497 e. The van der Waals surface area contributed by atoms with Gasteiger partial charge in [-0.05, 0) is 42.2 Å². The van der Waals surface area contributed by atoms with Crippen molar-refractivity contribution in [3.63, 3.8) is 0 Å². The molecular weight excluding hydrogens is 400 g/mol. The molecule has 0 unspecified atom stereocenters. The van der Waals surface area contributed by atoms with Crippen molar-refractivity contribution >= 4 is 23.4 Å². The van der Waals surface area contributed by atoms with E-state index in [4.69, 9.17) is 16.3 Å². The summed E-state index contributed by atoms with van der Waals surface area (Å²) in [5.41, 5.74) is 1.60. The van der Waals surface area contributed by atoms with E-state index in [2.05, 4.69) is 0 Å². The van der Waals surface area contributed by atoms with E-state index in [0.717, 1.165) is 36.8 Å². The maximum absolute atomic E-state index is 13.7. The highest BCUT2D eigenvalue weighted by atomic mass is 35.5. The van der Waals surface area contributed by atoms with Gasteiger partial charge in [0.15, 0.2) is 0 Å². The van der Waals surface area contributed by atoms with Gasteiger partial charge >= 0.3 is 0 Å². The second-order valence-electron chi connectivity index (χ2n) is 8.05. The Bertz CT molecular complexity index is 926. The molecule has 1 aliphatic carbocycles. The molecule has 1 saturated carbocycles. The van der Waals surface area contributed by atoms with Crippen molar-refractivity contribution in [1.82, 2.24) is 9.80 Å². The molecule has 1 aliphatic heterocycles. The van der Waals surface area contributed by atoms with Crippen LogP contribution in [0.1, 0.15) is 49.3 Å². The van der Waals surface area contributed by atoms with Crippen LogP contribution in [0.5, 0.6) is 5.75 Å². The minimum atomic E-state index is -0.681.